The second-order valence-corrected chi connectivity index (χ2v) is 6.28. The van der Waals surface area contributed by atoms with E-state index in [4.69, 9.17) is 0 Å². The molecule has 0 bridgehead atoms. The molecule has 0 spiro atoms. The number of amides is 1. The molecule has 1 heterocycles. The molecule has 0 aromatic carbocycles. The Morgan fingerprint density at radius 2 is 2.11 bits per heavy atom. The average molecular weight is 281 g/mol. The molecule has 1 aromatic rings. The molecule has 5 heteroatoms. The van der Waals surface area contributed by atoms with Crippen molar-refractivity contribution in [3.05, 3.63) is 16.1 Å². The number of carbonyl (C=O) groups excluding carboxylic acids is 1. The predicted molar refractivity (Wildman–Crippen MR) is 78.2 cm³/mol. The zero-order chi connectivity index (χ0) is 13.5. The van der Waals surface area contributed by atoms with E-state index in [-0.39, 0.29) is 5.91 Å². The third-order valence-corrected chi connectivity index (χ3v) is 4.30. The van der Waals surface area contributed by atoms with Crippen molar-refractivity contribution in [2.24, 2.45) is 0 Å². The van der Waals surface area contributed by atoms with Gasteiger partial charge in [0.05, 0.1) is 17.2 Å². The molecule has 19 heavy (non-hydrogen) atoms. The van der Waals surface area contributed by atoms with Crippen LogP contribution in [0.5, 0.6) is 0 Å². The molecule has 106 valence electrons. The van der Waals surface area contributed by atoms with Crippen molar-refractivity contribution in [3.8, 4) is 0 Å². The summed E-state index contributed by atoms with van der Waals surface area (Å²) in [6, 6.07) is 0.387. The Labute approximate surface area is 119 Å². The molecule has 1 saturated carbocycles. The van der Waals surface area contributed by atoms with Crippen molar-refractivity contribution in [3.63, 3.8) is 0 Å². The van der Waals surface area contributed by atoms with Gasteiger partial charge in [-0.1, -0.05) is 25.7 Å². The van der Waals surface area contributed by atoms with Gasteiger partial charge in [-0.3, -0.25) is 4.79 Å². The molecular weight excluding hydrogens is 258 g/mol. The summed E-state index contributed by atoms with van der Waals surface area (Å²) in [4.78, 5) is 16.2. The van der Waals surface area contributed by atoms with Gasteiger partial charge in [0, 0.05) is 18.0 Å². The molecule has 1 aromatic heterocycles. The van der Waals surface area contributed by atoms with Gasteiger partial charge in [0.2, 0.25) is 5.91 Å². The van der Waals surface area contributed by atoms with Crippen molar-refractivity contribution < 1.29 is 4.79 Å². The van der Waals surface area contributed by atoms with Crippen LogP contribution in [0.1, 0.15) is 49.2 Å². The molecule has 0 atom stereocenters. The van der Waals surface area contributed by atoms with Gasteiger partial charge < -0.3 is 10.6 Å². The van der Waals surface area contributed by atoms with E-state index in [1.54, 1.807) is 11.3 Å². The fraction of sp³-hybridized carbons (Fsp3) is 0.714. The first-order chi connectivity index (χ1) is 9.24. The fourth-order valence-electron chi connectivity index (χ4n) is 2.50. The Balaban J connectivity index is 1.63. The Morgan fingerprint density at radius 3 is 2.74 bits per heavy atom. The number of hydrogen-bond acceptors (Lipinski definition) is 4. The predicted octanol–water partition coefficient (Wildman–Crippen LogP) is 2.38. The van der Waals surface area contributed by atoms with Crippen LogP contribution in [0.2, 0.25) is 0 Å². The van der Waals surface area contributed by atoms with Gasteiger partial charge in [0.1, 0.15) is 0 Å². The summed E-state index contributed by atoms with van der Waals surface area (Å²) in [5.41, 5.74) is 1.02. The maximum Gasteiger partial charge on any atom is 0.234 e. The van der Waals surface area contributed by atoms with Gasteiger partial charge in [-0.15, -0.1) is 11.3 Å². The Bertz CT molecular complexity index is 397. The Morgan fingerprint density at radius 1 is 1.37 bits per heavy atom. The number of carbonyl (C=O) groups is 1. The molecule has 0 aliphatic heterocycles. The van der Waals surface area contributed by atoms with E-state index in [0.717, 1.165) is 23.5 Å². The van der Waals surface area contributed by atoms with E-state index in [2.05, 4.69) is 15.6 Å². The van der Waals surface area contributed by atoms with E-state index in [1.807, 2.05) is 12.3 Å². The highest BCUT2D eigenvalue weighted by Crippen LogP contribution is 2.16. The first-order valence-corrected chi connectivity index (χ1v) is 8.03. The third-order valence-electron chi connectivity index (χ3n) is 3.48. The second-order valence-electron chi connectivity index (χ2n) is 5.22. The Kier molecular flexibility index (Phi) is 5.79. The number of nitrogens with zero attached hydrogens (tertiary/aromatic N) is 1. The van der Waals surface area contributed by atoms with E-state index in [1.165, 1.54) is 25.7 Å². The number of aromatic nitrogens is 1. The molecule has 1 aliphatic rings. The van der Waals surface area contributed by atoms with Crippen LogP contribution in [-0.2, 0) is 11.3 Å². The van der Waals surface area contributed by atoms with E-state index >= 15 is 0 Å². The first-order valence-electron chi connectivity index (χ1n) is 7.15. The maximum atomic E-state index is 11.8. The van der Waals surface area contributed by atoms with Crippen molar-refractivity contribution in [2.75, 3.05) is 6.54 Å². The van der Waals surface area contributed by atoms with Gasteiger partial charge in [-0.2, -0.15) is 0 Å². The summed E-state index contributed by atoms with van der Waals surface area (Å²) in [5, 5.41) is 9.39. The fourth-order valence-corrected chi connectivity index (χ4v) is 3.11. The summed E-state index contributed by atoms with van der Waals surface area (Å²) in [6.45, 7) is 3.04. The average Bonchev–Trinajstić information content (AvgIpc) is 2.63. The molecule has 0 unspecified atom stereocenters. The minimum absolute atomic E-state index is 0.110. The number of hydrogen-bond donors (Lipinski definition) is 2. The van der Waals surface area contributed by atoms with Gasteiger partial charge in [0.15, 0.2) is 0 Å². The van der Waals surface area contributed by atoms with E-state index < -0.39 is 0 Å². The highest BCUT2D eigenvalue weighted by molar-refractivity contribution is 7.09. The third kappa shape index (κ3) is 5.28. The van der Waals surface area contributed by atoms with Crippen LogP contribution >= 0.6 is 11.3 Å². The molecule has 1 aliphatic carbocycles. The number of aryl methyl sites for hydroxylation is 1. The van der Waals surface area contributed by atoms with E-state index in [0.29, 0.717) is 19.1 Å². The van der Waals surface area contributed by atoms with Crippen LogP contribution in [0.15, 0.2) is 5.38 Å². The largest absolute Gasteiger partial charge is 0.352 e. The molecule has 2 N–H and O–H groups in total. The quantitative estimate of drug-likeness (QED) is 0.815. The smallest absolute Gasteiger partial charge is 0.234 e. The normalized spacial score (nSPS) is 17.1. The Hall–Kier alpha value is -0.940. The minimum atomic E-state index is 0.110. The lowest BCUT2D eigenvalue weighted by Gasteiger charge is -2.16. The molecule has 1 fully saturated rings. The van der Waals surface area contributed by atoms with Gasteiger partial charge >= 0.3 is 0 Å². The van der Waals surface area contributed by atoms with Gasteiger partial charge in [-0.05, 0) is 19.8 Å². The van der Waals surface area contributed by atoms with Crippen molar-refractivity contribution in [2.45, 2.75) is 58.0 Å². The summed E-state index contributed by atoms with van der Waals surface area (Å²) in [5.74, 6) is 0.110. The molecule has 4 nitrogen and oxygen atoms in total. The summed E-state index contributed by atoms with van der Waals surface area (Å²) in [6.07, 6.45) is 7.39. The van der Waals surface area contributed by atoms with Crippen LogP contribution in [0.4, 0.5) is 0 Å². The topological polar surface area (TPSA) is 54.0 Å². The van der Waals surface area contributed by atoms with Crippen LogP contribution < -0.4 is 10.6 Å². The number of rotatable bonds is 5. The highest BCUT2D eigenvalue weighted by atomic mass is 32.1. The van der Waals surface area contributed by atoms with Crippen molar-refractivity contribution >= 4 is 17.2 Å². The van der Waals surface area contributed by atoms with Gasteiger partial charge in [-0.25, -0.2) is 4.98 Å². The summed E-state index contributed by atoms with van der Waals surface area (Å²) >= 11 is 1.64. The zero-order valence-corrected chi connectivity index (χ0v) is 12.4. The maximum absolute atomic E-state index is 11.8. The standard InChI is InChI=1S/C14H23N3OS/c1-11-16-13(10-19-11)8-15-9-14(18)17-12-6-4-2-3-5-7-12/h10,12,15H,2-9H2,1H3,(H,17,18). The number of nitrogens with one attached hydrogen (secondary N) is 2. The van der Waals surface area contributed by atoms with Gasteiger partial charge in [0.25, 0.3) is 0 Å². The lowest BCUT2D eigenvalue weighted by atomic mass is 10.1. The van der Waals surface area contributed by atoms with Crippen molar-refractivity contribution in [1.82, 2.24) is 15.6 Å². The monoisotopic (exact) mass is 281 g/mol. The SMILES string of the molecule is Cc1nc(CNCC(=O)NC2CCCCCC2)cs1. The molecule has 0 radical (unpaired) electrons. The molecular formula is C14H23N3OS. The summed E-state index contributed by atoms with van der Waals surface area (Å²) in [7, 11) is 0. The molecule has 0 saturated heterocycles. The van der Waals surface area contributed by atoms with Crippen molar-refractivity contribution in [1.29, 1.82) is 0 Å². The minimum Gasteiger partial charge on any atom is -0.352 e. The van der Waals surface area contributed by atoms with Crippen LogP contribution in [0.25, 0.3) is 0 Å². The second kappa shape index (κ2) is 7.60. The van der Waals surface area contributed by atoms with Crippen LogP contribution in [0.3, 0.4) is 0 Å². The lowest BCUT2D eigenvalue weighted by molar-refractivity contribution is -0.121. The highest BCUT2D eigenvalue weighted by Gasteiger charge is 2.14. The molecule has 2 rings (SSSR count). The lowest BCUT2D eigenvalue weighted by Crippen LogP contribution is -2.40. The number of thiazole rings is 1. The van der Waals surface area contributed by atoms with Crippen LogP contribution in [-0.4, -0.2) is 23.5 Å². The first kappa shape index (κ1) is 14.5. The molecule has 1 amide bonds. The zero-order valence-electron chi connectivity index (χ0n) is 11.6. The van der Waals surface area contributed by atoms with Crippen LogP contribution in [0, 0.1) is 6.92 Å². The summed E-state index contributed by atoms with van der Waals surface area (Å²) < 4.78 is 0. The van der Waals surface area contributed by atoms with E-state index in [9.17, 15) is 4.79 Å².